The van der Waals surface area contributed by atoms with Crippen LogP contribution in [0.15, 0.2) is 72.1 Å². The van der Waals surface area contributed by atoms with Crippen LogP contribution in [0.3, 0.4) is 0 Å². The van der Waals surface area contributed by atoms with E-state index in [1.165, 1.54) is 17.4 Å². The first-order valence-electron chi connectivity index (χ1n) is 8.04. The first-order chi connectivity index (χ1) is 12.9. The summed E-state index contributed by atoms with van der Waals surface area (Å²) in [5.41, 5.74) is 2.63. The maximum atomic E-state index is 12.3. The molecule has 0 aliphatic heterocycles. The predicted molar refractivity (Wildman–Crippen MR) is 114 cm³/mol. The van der Waals surface area contributed by atoms with Crippen molar-refractivity contribution in [1.29, 1.82) is 0 Å². The van der Waals surface area contributed by atoms with Crippen molar-refractivity contribution < 1.29 is 4.79 Å². The minimum atomic E-state index is -1.73. The number of amides is 1. The molecular formula is C20H15Cl3N2OS. The Morgan fingerprint density at radius 2 is 1.67 bits per heavy atom. The number of hydrogen-bond acceptors (Lipinski definition) is 3. The normalized spacial score (nSPS) is 12.9. The standard InChI is InChI=1S/C20H15Cl3N2OS/c21-20(22,23)18(25-17(26)12-11-14-7-3-1-4-8-14)19-24-16(13-27-19)15-9-5-2-6-10-15/h1-13,18H,(H,25,26)/b12-11+. The Bertz CT molecular complexity index is 921. The van der Waals surface area contributed by atoms with Crippen LogP contribution >= 0.6 is 46.1 Å². The highest BCUT2D eigenvalue weighted by Crippen LogP contribution is 2.41. The highest BCUT2D eigenvalue weighted by molar-refractivity contribution is 7.10. The van der Waals surface area contributed by atoms with Crippen molar-refractivity contribution in [2.45, 2.75) is 9.83 Å². The Morgan fingerprint density at radius 1 is 1.04 bits per heavy atom. The summed E-state index contributed by atoms with van der Waals surface area (Å²) in [6.45, 7) is 0. The fraction of sp³-hybridized carbons (Fsp3) is 0.100. The molecule has 3 nitrogen and oxygen atoms in total. The maximum Gasteiger partial charge on any atom is 0.244 e. The zero-order valence-electron chi connectivity index (χ0n) is 14.0. The number of nitrogens with one attached hydrogen (secondary N) is 1. The lowest BCUT2D eigenvalue weighted by molar-refractivity contribution is -0.117. The van der Waals surface area contributed by atoms with Crippen LogP contribution in [0.4, 0.5) is 0 Å². The molecule has 0 saturated heterocycles. The van der Waals surface area contributed by atoms with Gasteiger partial charge in [-0.25, -0.2) is 4.98 Å². The molecule has 3 rings (SSSR count). The minimum absolute atomic E-state index is 0.369. The number of carbonyl (C=O) groups excluding carboxylic acids is 1. The van der Waals surface area contributed by atoms with Crippen LogP contribution in [0, 0.1) is 0 Å². The van der Waals surface area contributed by atoms with Gasteiger partial charge in [0.15, 0.2) is 0 Å². The molecule has 7 heteroatoms. The second-order valence-corrected chi connectivity index (χ2v) is 8.92. The largest absolute Gasteiger partial charge is 0.339 e. The van der Waals surface area contributed by atoms with Gasteiger partial charge in [-0.3, -0.25) is 4.79 Å². The monoisotopic (exact) mass is 436 g/mol. The average Bonchev–Trinajstić information content (AvgIpc) is 3.15. The van der Waals surface area contributed by atoms with Gasteiger partial charge < -0.3 is 5.32 Å². The molecule has 2 aromatic carbocycles. The summed E-state index contributed by atoms with van der Waals surface area (Å²) in [5.74, 6) is -0.369. The molecule has 27 heavy (non-hydrogen) atoms. The SMILES string of the molecule is O=C(/C=C/c1ccccc1)NC(c1nc(-c2ccccc2)cs1)C(Cl)(Cl)Cl. The molecule has 3 aromatic rings. The first-order valence-corrected chi connectivity index (χ1v) is 10.1. The molecule has 1 N–H and O–H groups in total. The highest BCUT2D eigenvalue weighted by atomic mass is 35.6. The summed E-state index contributed by atoms with van der Waals surface area (Å²) in [7, 11) is 0. The molecule has 0 aliphatic rings. The van der Waals surface area contributed by atoms with E-state index in [0.717, 1.165) is 16.8 Å². The van der Waals surface area contributed by atoms with Crippen LogP contribution in [-0.2, 0) is 4.79 Å². The van der Waals surface area contributed by atoms with Gasteiger partial charge in [0.1, 0.15) is 11.0 Å². The number of hydrogen-bond donors (Lipinski definition) is 1. The minimum Gasteiger partial charge on any atom is -0.339 e. The Labute approximate surface area is 176 Å². The molecule has 1 amide bonds. The number of aromatic nitrogens is 1. The second kappa shape index (κ2) is 8.89. The molecule has 1 aromatic heterocycles. The summed E-state index contributed by atoms with van der Waals surface area (Å²) in [5, 5.41) is 5.13. The summed E-state index contributed by atoms with van der Waals surface area (Å²) in [4.78, 5) is 16.9. The number of nitrogens with zero attached hydrogens (tertiary/aromatic N) is 1. The van der Waals surface area contributed by atoms with Crippen LogP contribution < -0.4 is 5.32 Å². The molecule has 1 heterocycles. The van der Waals surface area contributed by atoms with Crippen LogP contribution in [0.1, 0.15) is 16.6 Å². The molecule has 1 atom stereocenters. The summed E-state index contributed by atoms with van der Waals surface area (Å²) in [6, 6.07) is 18.3. The summed E-state index contributed by atoms with van der Waals surface area (Å²) >= 11 is 19.7. The van der Waals surface area contributed by atoms with Crippen LogP contribution in [-0.4, -0.2) is 14.7 Å². The molecule has 0 aliphatic carbocycles. The van der Waals surface area contributed by atoms with Gasteiger partial charge in [-0.05, 0) is 11.6 Å². The van der Waals surface area contributed by atoms with E-state index in [1.54, 1.807) is 6.08 Å². The van der Waals surface area contributed by atoms with E-state index in [2.05, 4.69) is 10.3 Å². The number of alkyl halides is 3. The lowest BCUT2D eigenvalue weighted by Crippen LogP contribution is -2.35. The maximum absolute atomic E-state index is 12.3. The number of rotatable bonds is 5. The number of carbonyl (C=O) groups is 1. The Hall–Kier alpha value is -1.85. The summed E-state index contributed by atoms with van der Waals surface area (Å²) in [6.07, 6.45) is 3.10. The third kappa shape index (κ3) is 5.56. The van der Waals surface area contributed by atoms with Gasteiger partial charge in [0.2, 0.25) is 9.70 Å². The van der Waals surface area contributed by atoms with Gasteiger partial charge in [-0.1, -0.05) is 95.5 Å². The van der Waals surface area contributed by atoms with Crippen molar-refractivity contribution in [3.63, 3.8) is 0 Å². The van der Waals surface area contributed by atoms with Gasteiger partial charge in [0.05, 0.1) is 5.69 Å². The lowest BCUT2D eigenvalue weighted by atomic mass is 10.2. The zero-order chi connectivity index (χ0) is 19.3. The molecule has 1 unspecified atom stereocenters. The van der Waals surface area contributed by atoms with E-state index in [1.807, 2.05) is 66.0 Å². The Kier molecular flexibility index (Phi) is 6.55. The van der Waals surface area contributed by atoms with Gasteiger partial charge in [0.25, 0.3) is 0 Å². The Balaban J connectivity index is 1.78. The van der Waals surface area contributed by atoms with E-state index < -0.39 is 9.83 Å². The van der Waals surface area contributed by atoms with Gasteiger partial charge in [-0.15, -0.1) is 11.3 Å². The topological polar surface area (TPSA) is 42.0 Å². The van der Waals surface area contributed by atoms with Crippen molar-refractivity contribution >= 4 is 58.1 Å². The van der Waals surface area contributed by atoms with Crippen molar-refractivity contribution in [2.24, 2.45) is 0 Å². The first kappa shape index (κ1) is 19.9. The fourth-order valence-electron chi connectivity index (χ4n) is 2.37. The van der Waals surface area contributed by atoms with Crippen LogP contribution in [0.5, 0.6) is 0 Å². The van der Waals surface area contributed by atoms with Gasteiger partial charge in [-0.2, -0.15) is 0 Å². The van der Waals surface area contributed by atoms with E-state index in [0.29, 0.717) is 5.01 Å². The van der Waals surface area contributed by atoms with Crippen LogP contribution in [0.2, 0.25) is 0 Å². The van der Waals surface area contributed by atoms with Crippen molar-refractivity contribution in [3.05, 3.63) is 82.7 Å². The highest BCUT2D eigenvalue weighted by Gasteiger charge is 2.37. The number of benzene rings is 2. The summed E-state index contributed by atoms with van der Waals surface area (Å²) < 4.78 is -1.73. The zero-order valence-corrected chi connectivity index (χ0v) is 17.1. The molecule has 0 fully saturated rings. The van der Waals surface area contributed by atoms with E-state index >= 15 is 0 Å². The molecule has 0 radical (unpaired) electrons. The molecule has 0 bridgehead atoms. The lowest BCUT2D eigenvalue weighted by Gasteiger charge is -2.23. The van der Waals surface area contributed by atoms with E-state index in [9.17, 15) is 4.79 Å². The van der Waals surface area contributed by atoms with Crippen molar-refractivity contribution in [3.8, 4) is 11.3 Å². The van der Waals surface area contributed by atoms with Crippen molar-refractivity contribution in [1.82, 2.24) is 10.3 Å². The quantitative estimate of drug-likeness (QED) is 0.390. The molecule has 138 valence electrons. The molecule has 0 saturated carbocycles. The fourth-order valence-corrected chi connectivity index (χ4v) is 3.98. The molecular weight excluding hydrogens is 423 g/mol. The average molecular weight is 438 g/mol. The number of halogens is 3. The van der Waals surface area contributed by atoms with E-state index in [4.69, 9.17) is 34.8 Å². The predicted octanol–water partition coefficient (Wildman–Crippen LogP) is 6.05. The smallest absolute Gasteiger partial charge is 0.244 e. The van der Waals surface area contributed by atoms with Crippen molar-refractivity contribution in [2.75, 3.05) is 0 Å². The third-order valence-electron chi connectivity index (χ3n) is 3.68. The third-order valence-corrected chi connectivity index (χ3v) is 5.24. The Morgan fingerprint density at radius 3 is 2.30 bits per heavy atom. The number of thiazole rings is 1. The second-order valence-electron chi connectivity index (χ2n) is 5.66. The molecule has 0 spiro atoms. The van der Waals surface area contributed by atoms with Gasteiger partial charge in [0, 0.05) is 17.0 Å². The van der Waals surface area contributed by atoms with E-state index in [-0.39, 0.29) is 5.91 Å². The van der Waals surface area contributed by atoms with Crippen LogP contribution in [0.25, 0.3) is 17.3 Å². The van der Waals surface area contributed by atoms with Gasteiger partial charge >= 0.3 is 0 Å².